The summed E-state index contributed by atoms with van der Waals surface area (Å²) in [6.07, 6.45) is 0.817. The van der Waals surface area contributed by atoms with Crippen LogP contribution >= 0.6 is 0 Å². The lowest BCUT2D eigenvalue weighted by Crippen LogP contribution is -2.52. The van der Waals surface area contributed by atoms with Crippen LogP contribution in [0.2, 0.25) is 0 Å². The Morgan fingerprint density at radius 2 is 2.11 bits per heavy atom. The van der Waals surface area contributed by atoms with E-state index < -0.39 is 0 Å². The topological polar surface area (TPSA) is 67.8 Å². The number of aryl methyl sites for hydroxylation is 2. The molecule has 0 unspecified atom stereocenters. The smallest absolute Gasteiger partial charge is 0.241 e. The first-order valence-corrected chi connectivity index (χ1v) is 9.21. The number of anilines is 1. The minimum atomic E-state index is 0.0194. The van der Waals surface area contributed by atoms with E-state index in [1.165, 1.54) is 0 Å². The number of benzene rings is 1. The number of nitrogens with zero attached hydrogens (tertiary/aromatic N) is 4. The molecule has 0 spiro atoms. The maximum absolute atomic E-state index is 12.7. The third-order valence-corrected chi connectivity index (χ3v) is 5.12. The van der Waals surface area contributed by atoms with E-state index in [9.17, 15) is 4.79 Å². The molecule has 3 heterocycles. The summed E-state index contributed by atoms with van der Waals surface area (Å²) in [7, 11) is 1.63. The van der Waals surface area contributed by atoms with Crippen molar-refractivity contribution in [2.24, 2.45) is 0 Å². The van der Waals surface area contributed by atoms with Gasteiger partial charge in [-0.15, -0.1) is 0 Å². The lowest BCUT2D eigenvalue weighted by molar-refractivity contribution is -0.121. The number of methoxy groups -OCH3 is 1. The standard InChI is InChI=1S/C20H24N4O3/c1-13-18-10-17(27-20(18)22-14(2)21-13)11-23-7-8-24(19(25)12-23)15-5-4-6-16(9-15)26-3/h4-6,9,17H,7-8,10-12H2,1-3H3/t17-/m0/s1. The molecular weight excluding hydrogens is 344 g/mol. The average Bonchev–Trinajstić information content (AvgIpc) is 3.04. The van der Waals surface area contributed by atoms with Gasteiger partial charge in [-0.3, -0.25) is 9.69 Å². The molecule has 7 nitrogen and oxygen atoms in total. The Morgan fingerprint density at radius 1 is 1.26 bits per heavy atom. The van der Waals surface area contributed by atoms with Gasteiger partial charge in [-0.05, 0) is 26.0 Å². The summed E-state index contributed by atoms with van der Waals surface area (Å²) in [5, 5.41) is 0. The predicted molar refractivity (Wildman–Crippen MR) is 101 cm³/mol. The van der Waals surface area contributed by atoms with Crippen molar-refractivity contribution in [1.82, 2.24) is 14.9 Å². The lowest BCUT2D eigenvalue weighted by atomic mass is 10.1. The van der Waals surface area contributed by atoms with Gasteiger partial charge in [0.1, 0.15) is 17.7 Å². The third kappa shape index (κ3) is 3.60. The highest BCUT2D eigenvalue weighted by Crippen LogP contribution is 2.29. The zero-order valence-electron chi connectivity index (χ0n) is 15.9. The summed E-state index contributed by atoms with van der Waals surface area (Å²) in [4.78, 5) is 25.5. The van der Waals surface area contributed by atoms with Crippen molar-refractivity contribution in [3.63, 3.8) is 0 Å². The molecule has 4 rings (SSSR count). The predicted octanol–water partition coefficient (Wildman–Crippen LogP) is 1.75. The van der Waals surface area contributed by atoms with E-state index in [4.69, 9.17) is 9.47 Å². The van der Waals surface area contributed by atoms with Gasteiger partial charge in [-0.1, -0.05) is 6.07 Å². The summed E-state index contributed by atoms with van der Waals surface area (Å²) >= 11 is 0. The number of piperazine rings is 1. The number of aromatic nitrogens is 2. The van der Waals surface area contributed by atoms with E-state index in [0.29, 0.717) is 25.5 Å². The van der Waals surface area contributed by atoms with Crippen molar-refractivity contribution in [3.8, 4) is 11.6 Å². The van der Waals surface area contributed by atoms with Crippen LogP contribution in [0, 0.1) is 13.8 Å². The highest BCUT2D eigenvalue weighted by molar-refractivity contribution is 5.95. The number of carbonyl (C=O) groups is 1. The summed E-state index contributed by atoms with van der Waals surface area (Å²) in [6.45, 7) is 6.44. The number of rotatable bonds is 4. The molecule has 1 aromatic heterocycles. The summed E-state index contributed by atoms with van der Waals surface area (Å²) < 4.78 is 11.3. The third-order valence-electron chi connectivity index (χ3n) is 5.12. The largest absolute Gasteiger partial charge is 0.497 e. The number of carbonyl (C=O) groups excluding carboxylic acids is 1. The van der Waals surface area contributed by atoms with E-state index >= 15 is 0 Å². The molecule has 1 saturated heterocycles. The van der Waals surface area contributed by atoms with E-state index in [2.05, 4.69) is 14.9 Å². The number of amides is 1. The van der Waals surface area contributed by atoms with E-state index in [-0.39, 0.29) is 12.0 Å². The SMILES string of the molecule is COc1cccc(N2CCN(C[C@@H]3Cc4c(C)nc(C)nc4O3)CC2=O)c1. The number of hydrogen-bond acceptors (Lipinski definition) is 6. The minimum Gasteiger partial charge on any atom is -0.497 e. The van der Waals surface area contributed by atoms with Crippen molar-refractivity contribution in [1.29, 1.82) is 0 Å². The van der Waals surface area contributed by atoms with Gasteiger partial charge >= 0.3 is 0 Å². The van der Waals surface area contributed by atoms with Gasteiger partial charge in [0.05, 0.1) is 13.7 Å². The van der Waals surface area contributed by atoms with Gasteiger partial charge in [0, 0.05) is 49.1 Å². The highest BCUT2D eigenvalue weighted by Gasteiger charge is 2.32. The molecule has 2 aromatic rings. The van der Waals surface area contributed by atoms with E-state index in [1.54, 1.807) is 7.11 Å². The molecule has 2 aliphatic rings. The number of hydrogen-bond donors (Lipinski definition) is 0. The Labute approximate surface area is 158 Å². The van der Waals surface area contributed by atoms with Crippen LogP contribution in [0.15, 0.2) is 24.3 Å². The molecule has 0 radical (unpaired) electrons. The van der Waals surface area contributed by atoms with Crippen LogP contribution in [0.5, 0.6) is 11.6 Å². The van der Waals surface area contributed by atoms with Gasteiger partial charge in [0.25, 0.3) is 0 Å². The molecule has 27 heavy (non-hydrogen) atoms. The second kappa shape index (κ2) is 7.15. The van der Waals surface area contributed by atoms with Gasteiger partial charge < -0.3 is 14.4 Å². The molecule has 1 amide bonds. The monoisotopic (exact) mass is 368 g/mol. The molecule has 0 N–H and O–H groups in total. The molecule has 0 saturated carbocycles. The van der Waals surface area contributed by atoms with Crippen molar-refractivity contribution in [2.75, 3.05) is 38.2 Å². The van der Waals surface area contributed by atoms with Crippen molar-refractivity contribution < 1.29 is 14.3 Å². The van der Waals surface area contributed by atoms with Crippen LogP contribution in [-0.2, 0) is 11.2 Å². The second-order valence-electron chi connectivity index (χ2n) is 7.07. The minimum absolute atomic E-state index is 0.0194. The van der Waals surface area contributed by atoms with Crippen LogP contribution in [0.4, 0.5) is 5.69 Å². The Balaban J connectivity index is 1.38. The maximum atomic E-state index is 12.7. The van der Waals surface area contributed by atoms with Crippen LogP contribution in [-0.4, -0.2) is 60.2 Å². The van der Waals surface area contributed by atoms with Crippen molar-refractivity contribution >= 4 is 11.6 Å². The van der Waals surface area contributed by atoms with Gasteiger partial charge in [-0.25, -0.2) is 4.98 Å². The zero-order chi connectivity index (χ0) is 19.0. The molecule has 0 bridgehead atoms. The van der Waals surface area contributed by atoms with E-state index in [1.807, 2.05) is 43.0 Å². The molecule has 2 aliphatic heterocycles. The van der Waals surface area contributed by atoms with Crippen LogP contribution in [0.1, 0.15) is 17.1 Å². The molecular formula is C20H24N4O3. The Hall–Kier alpha value is -2.67. The highest BCUT2D eigenvalue weighted by atomic mass is 16.5. The first-order valence-electron chi connectivity index (χ1n) is 9.21. The molecule has 1 fully saturated rings. The first-order chi connectivity index (χ1) is 13.0. The lowest BCUT2D eigenvalue weighted by Gasteiger charge is -2.35. The Kier molecular flexibility index (Phi) is 4.70. The van der Waals surface area contributed by atoms with Crippen molar-refractivity contribution in [3.05, 3.63) is 41.3 Å². The fourth-order valence-electron chi connectivity index (χ4n) is 3.78. The van der Waals surface area contributed by atoms with E-state index in [0.717, 1.165) is 41.5 Å². The number of ether oxygens (including phenoxy) is 2. The number of fused-ring (bicyclic) bond motifs is 1. The van der Waals surface area contributed by atoms with Gasteiger partial charge in [0.15, 0.2) is 0 Å². The van der Waals surface area contributed by atoms with Crippen LogP contribution in [0.3, 0.4) is 0 Å². The summed E-state index contributed by atoms with van der Waals surface area (Å²) in [5.74, 6) is 2.28. The molecule has 0 aliphatic carbocycles. The van der Waals surface area contributed by atoms with Gasteiger partial charge in [-0.2, -0.15) is 4.98 Å². The molecule has 7 heteroatoms. The van der Waals surface area contributed by atoms with Crippen molar-refractivity contribution in [2.45, 2.75) is 26.4 Å². The fraction of sp³-hybridized carbons (Fsp3) is 0.450. The zero-order valence-corrected chi connectivity index (χ0v) is 15.9. The fourth-order valence-corrected chi connectivity index (χ4v) is 3.78. The molecule has 142 valence electrons. The van der Waals surface area contributed by atoms with Crippen LogP contribution in [0.25, 0.3) is 0 Å². The molecule has 1 atom stereocenters. The first kappa shape index (κ1) is 17.7. The molecule has 1 aromatic carbocycles. The normalized spacial score (nSPS) is 19.7. The second-order valence-corrected chi connectivity index (χ2v) is 7.07. The Bertz CT molecular complexity index is 870. The van der Waals surface area contributed by atoms with Gasteiger partial charge in [0.2, 0.25) is 11.8 Å². The quantitative estimate of drug-likeness (QED) is 0.819. The summed E-state index contributed by atoms with van der Waals surface area (Å²) in [6, 6.07) is 7.62. The summed E-state index contributed by atoms with van der Waals surface area (Å²) in [5.41, 5.74) is 2.95. The van der Waals surface area contributed by atoms with Crippen LogP contribution < -0.4 is 14.4 Å². The maximum Gasteiger partial charge on any atom is 0.241 e. The average molecular weight is 368 g/mol. The Morgan fingerprint density at radius 3 is 2.89 bits per heavy atom.